The van der Waals surface area contributed by atoms with Gasteiger partial charge in [-0.15, -0.1) is 0 Å². The number of nitrogens with two attached hydrogens (primary N) is 1. The van der Waals surface area contributed by atoms with Crippen molar-refractivity contribution in [1.29, 1.82) is 0 Å². The number of esters is 2. The Labute approximate surface area is 275 Å². The predicted octanol–water partition coefficient (Wildman–Crippen LogP) is 4.62. The Morgan fingerprint density at radius 3 is 2.59 bits per heavy atom. The number of allylic oxidation sites excluding steroid dienone is 1. The average Bonchev–Trinajstić information content (AvgIpc) is 3.42. The molecule has 6 aliphatic rings. The van der Waals surface area contributed by atoms with E-state index >= 15 is 0 Å². The highest BCUT2D eigenvalue weighted by Crippen LogP contribution is 2.64. The SMILES string of the molecule is CC=C(C)C(=O)OC1(C)CC2CCCCC2C(C2CCC(N)NC2)C12CC1CC3CC(CC(CO)CCCO)C(=O)OC3CC1O2. The lowest BCUT2D eigenvalue weighted by molar-refractivity contribution is -0.266. The minimum absolute atomic E-state index is 0.00431. The molecule has 3 heterocycles. The third-order valence-corrected chi connectivity index (χ3v) is 13.5. The second kappa shape index (κ2) is 14.1. The van der Waals surface area contributed by atoms with Crippen LogP contribution in [-0.4, -0.2) is 71.5 Å². The summed E-state index contributed by atoms with van der Waals surface area (Å²) in [7, 11) is 0. The Balaban J connectivity index is 1.30. The zero-order valence-corrected chi connectivity index (χ0v) is 28.5. The van der Waals surface area contributed by atoms with Crippen LogP contribution in [0.1, 0.15) is 111 Å². The lowest BCUT2D eigenvalue weighted by atomic mass is 9.49. The van der Waals surface area contributed by atoms with Gasteiger partial charge in [0.05, 0.1) is 18.2 Å². The number of carbonyl (C=O) groups is 2. The van der Waals surface area contributed by atoms with E-state index in [9.17, 15) is 19.8 Å². The third-order valence-electron chi connectivity index (χ3n) is 13.5. The molecule has 13 atom stereocenters. The number of piperidine rings is 1. The van der Waals surface area contributed by atoms with Gasteiger partial charge in [0.1, 0.15) is 17.3 Å². The van der Waals surface area contributed by atoms with Crippen molar-refractivity contribution >= 4 is 11.9 Å². The third kappa shape index (κ3) is 6.45. The quantitative estimate of drug-likeness (QED) is 0.209. The highest BCUT2D eigenvalue weighted by atomic mass is 16.6. The van der Waals surface area contributed by atoms with Gasteiger partial charge in [-0.2, -0.15) is 0 Å². The summed E-state index contributed by atoms with van der Waals surface area (Å²) in [6.45, 7) is 6.88. The van der Waals surface area contributed by atoms with Crippen LogP contribution in [0.25, 0.3) is 0 Å². The Kier molecular flexibility index (Phi) is 10.6. The number of rotatable bonds is 9. The van der Waals surface area contributed by atoms with Crippen LogP contribution in [-0.2, 0) is 23.8 Å². The molecular formula is C37H60N2O7. The van der Waals surface area contributed by atoms with E-state index in [-0.39, 0.29) is 67.2 Å². The fourth-order valence-corrected chi connectivity index (χ4v) is 11.1. The molecule has 9 heteroatoms. The van der Waals surface area contributed by atoms with E-state index in [1.165, 1.54) is 25.7 Å². The molecule has 0 aromatic rings. The smallest absolute Gasteiger partial charge is 0.334 e. The van der Waals surface area contributed by atoms with Crippen molar-refractivity contribution in [3.05, 3.63) is 11.6 Å². The highest BCUT2D eigenvalue weighted by molar-refractivity contribution is 5.88. The minimum Gasteiger partial charge on any atom is -0.462 e. The summed E-state index contributed by atoms with van der Waals surface area (Å²) in [6, 6.07) is 0. The van der Waals surface area contributed by atoms with E-state index in [0.717, 1.165) is 45.1 Å². The maximum atomic E-state index is 13.6. The maximum Gasteiger partial charge on any atom is 0.334 e. The molecule has 3 saturated carbocycles. The summed E-state index contributed by atoms with van der Waals surface area (Å²) in [6.07, 6.45) is 14.5. The normalized spacial score (nSPS) is 44.9. The molecule has 0 bridgehead atoms. The van der Waals surface area contributed by atoms with Gasteiger partial charge >= 0.3 is 11.9 Å². The van der Waals surface area contributed by atoms with Crippen molar-refractivity contribution in [3.63, 3.8) is 0 Å². The molecule has 9 nitrogen and oxygen atoms in total. The van der Waals surface area contributed by atoms with Crippen LogP contribution < -0.4 is 11.1 Å². The fourth-order valence-electron chi connectivity index (χ4n) is 11.1. The number of fused-ring (bicyclic) bond motifs is 3. The molecule has 0 aromatic carbocycles. The van der Waals surface area contributed by atoms with Gasteiger partial charge < -0.3 is 35.5 Å². The molecule has 13 unspecified atom stereocenters. The standard InChI is InChI=1S/C37H60N2O7/c1-4-22(2)34(42)46-36(3)18-24-9-5-6-10-29(24)33(25-11-12-32(38)39-20-25)37(36)19-28-16-26-15-27(14-23(21-41)8-7-13-40)35(43)44-30(26)17-31(28)45-37/h4,23-33,39-41H,5-21,38H2,1-3H3. The van der Waals surface area contributed by atoms with E-state index < -0.39 is 11.2 Å². The summed E-state index contributed by atoms with van der Waals surface area (Å²) in [5.74, 6) is 1.64. The van der Waals surface area contributed by atoms with Crippen LogP contribution in [0.15, 0.2) is 11.6 Å². The first-order valence-electron chi connectivity index (χ1n) is 18.6. The molecule has 6 fully saturated rings. The Hall–Kier alpha value is -1.52. The number of carbonyl (C=O) groups excluding carboxylic acids is 2. The summed E-state index contributed by atoms with van der Waals surface area (Å²) in [5, 5.41) is 22.8. The first-order chi connectivity index (χ1) is 22.1. The van der Waals surface area contributed by atoms with Gasteiger partial charge in [-0.1, -0.05) is 25.3 Å². The Morgan fingerprint density at radius 2 is 1.87 bits per heavy atom. The Morgan fingerprint density at radius 1 is 1.07 bits per heavy atom. The monoisotopic (exact) mass is 644 g/mol. The largest absolute Gasteiger partial charge is 0.462 e. The minimum atomic E-state index is -0.764. The van der Waals surface area contributed by atoms with Gasteiger partial charge in [-0.05, 0) is 133 Å². The topological polar surface area (TPSA) is 140 Å². The molecule has 5 N–H and O–H groups in total. The van der Waals surface area contributed by atoms with Gasteiger partial charge in [0.2, 0.25) is 0 Å². The van der Waals surface area contributed by atoms with Crippen molar-refractivity contribution in [2.75, 3.05) is 19.8 Å². The number of hydrogen-bond acceptors (Lipinski definition) is 9. The molecule has 0 amide bonds. The van der Waals surface area contributed by atoms with Crippen molar-refractivity contribution in [3.8, 4) is 0 Å². The van der Waals surface area contributed by atoms with Gasteiger partial charge in [-0.3, -0.25) is 4.79 Å². The summed E-state index contributed by atoms with van der Waals surface area (Å²) in [4.78, 5) is 26.8. The first kappa shape index (κ1) is 34.3. The van der Waals surface area contributed by atoms with Gasteiger partial charge in [0.25, 0.3) is 0 Å². The molecular weight excluding hydrogens is 584 g/mol. The highest BCUT2D eigenvalue weighted by Gasteiger charge is 2.70. The molecule has 0 radical (unpaired) electrons. The number of aliphatic hydroxyl groups is 2. The zero-order valence-electron chi connectivity index (χ0n) is 28.5. The van der Waals surface area contributed by atoms with Crippen molar-refractivity contribution in [1.82, 2.24) is 5.32 Å². The van der Waals surface area contributed by atoms with Crippen LogP contribution in [0, 0.1) is 47.3 Å². The Bertz CT molecular complexity index is 1120. The summed E-state index contributed by atoms with van der Waals surface area (Å²) >= 11 is 0. The first-order valence-corrected chi connectivity index (χ1v) is 18.6. The molecule has 3 saturated heterocycles. The van der Waals surface area contributed by atoms with E-state index in [4.69, 9.17) is 19.9 Å². The number of hydrogen-bond donors (Lipinski definition) is 4. The van der Waals surface area contributed by atoms with Gasteiger partial charge in [0, 0.05) is 25.2 Å². The molecule has 0 aromatic heterocycles. The second-order valence-electron chi connectivity index (χ2n) is 16.2. The van der Waals surface area contributed by atoms with E-state index in [1.807, 2.05) is 19.9 Å². The fraction of sp³-hybridized carbons (Fsp3) is 0.892. The zero-order chi connectivity index (χ0) is 32.6. The van der Waals surface area contributed by atoms with E-state index in [2.05, 4.69) is 12.2 Å². The van der Waals surface area contributed by atoms with Crippen LogP contribution in [0.4, 0.5) is 0 Å². The molecule has 1 spiro atoms. The number of ether oxygens (including phenoxy) is 3. The van der Waals surface area contributed by atoms with E-state index in [0.29, 0.717) is 54.9 Å². The number of aliphatic hydroxyl groups excluding tert-OH is 2. The van der Waals surface area contributed by atoms with Crippen LogP contribution in [0.3, 0.4) is 0 Å². The summed E-state index contributed by atoms with van der Waals surface area (Å²) in [5.41, 5.74) is 5.59. The van der Waals surface area contributed by atoms with Gasteiger partial charge in [-0.25, -0.2) is 4.79 Å². The van der Waals surface area contributed by atoms with Crippen molar-refractivity contribution in [2.24, 2.45) is 53.1 Å². The summed E-state index contributed by atoms with van der Waals surface area (Å²) < 4.78 is 20.4. The lowest BCUT2D eigenvalue weighted by Gasteiger charge is -2.61. The predicted molar refractivity (Wildman–Crippen MR) is 174 cm³/mol. The van der Waals surface area contributed by atoms with Crippen LogP contribution in [0.2, 0.25) is 0 Å². The maximum absolute atomic E-state index is 13.6. The van der Waals surface area contributed by atoms with Crippen LogP contribution in [0.5, 0.6) is 0 Å². The van der Waals surface area contributed by atoms with Gasteiger partial charge in [0.15, 0.2) is 0 Å². The van der Waals surface area contributed by atoms with E-state index in [1.54, 1.807) is 0 Å². The molecule has 46 heavy (non-hydrogen) atoms. The molecule has 260 valence electrons. The van der Waals surface area contributed by atoms with Crippen LogP contribution >= 0.6 is 0 Å². The van der Waals surface area contributed by atoms with Crippen molar-refractivity contribution in [2.45, 2.75) is 140 Å². The molecule has 3 aliphatic carbocycles. The lowest BCUT2D eigenvalue weighted by Crippen LogP contribution is -2.68. The second-order valence-corrected chi connectivity index (χ2v) is 16.2. The van der Waals surface area contributed by atoms with Crippen molar-refractivity contribution < 1.29 is 34.0 Å². The molecule has 3 aliphatic heterocycles. The number of nitrogens with one attached hydrogen (secondary N) is 1. The molecule has 6 rings (SSSR count). The average molecular weight is 645 g/mol.